The van der Waals surface area contributed by atoms with E-state index in [2.05, 4.69) is 14.8 Å². The van der Waals surface area contributed by atoms with Crippen LogP contribution in [0, 0.1) is 0 Å². The highest BCUT2D eigenvalue weighted by Crippen LogP contribution is 2.39. The van der Waals surface area contributed by atoms with Gasteiger partial charge in [-0.2, -0.15) is 0 Å². The van der Waals surface area contributed by atoms with Crippen LogP contribution in [0.5, 0.6) is 0 Å². The van der Waals surface area contributed by atoms with Crippen LogP contribution in [-0.4, -0.2) is 65.9 Å². The van der Waals surface area contributed by atoms with E-state index >= 15 is 0 Å². The predicted octanol–water partition coefficient (Wildman–Crippen LogP) is -4.07. The fourth-order valence-electron chi connectivity index (χ4n) is 2.01. The lowest BCUT2D eigenvalue weighted by Crippen LogP contribution is -2.40. The molecule has 1 fully saturated rings. The van der Waals surface area contributed by atoms with Crippen molar-refractivity contribution in [2.24, 2.45) is 0 Å². The van der Waals surface area contributed by atoms with E-state index in [1.165, 1.54) is 0 Å². The molecular weight excluding hydrogens is 355 g/mol. The zero-order valence-corrected chi connectivity index (χ0v) is 12.6. The first kappa shape index (κ1) is 18.6. The van der Waals surface area contributed by atoms with Crippen molar-refractivity contribution in [3.8, 4) is 0 Å². The van der Waals surface area contributed by atoms with Crippen LogP contribution in [-0.2, 0) is 13.8 Å². The number of aliphatic hydroxyl groups excluding tert-OH is 3. The maximum atomic E-state index is 11.4. The molecule has 2 rings (SSSR count). The second-order valence-electron chi connectivity index (χ2n) is 4.83. The van der Waals surface area contributed by atoms with Gasteiger partial charge >= 0.3 is 13.5 Å². The number of ether oxygens (including phenoxy) is 1. The average molecular weight is 370 g/mol. The van der Waals surface area contributed by atoms with Gasteiger partial charge in [0.25, 0.3) is 5.56 Å². The van der Waals surface area contributed by atoms with E-state index < -0.39 is 55.6 Å². The minimum atomic E-state index is -5.08. The molecular formula is C9H15N4O10P. The Balaban J connectivity index is 2.17. The molecule has 10 N–H and O–H groups in total. The number of nitrogens with one attached hydrogen (secondary N) is 3. The second kappa shape index (κ2) is 6.62. The normalized spacial score (nSPS) is 28.7. The number of H-pyrrole nitrogens is 2. The number of aromatic amines is 2. The number of rotatable bonds is 5. The van der Waals surface area contributed by atoms with Gasteiger partial charge in [-0.25, -0.2) is 9.36 Å². The van der Waals surface area contributed by atoms with Crippen molar-refractivity contribution in [1.82, 2.24) is 9.97 Å². The molecule has 1 aromatic heterocycles. The molecule has 24 heavy (non-hydrogen) atoms. The summed E-state index contributed by atoms with van der Waals surface area (Å²) in [6, 6.07) is 0. The number of hydrogen-bond donors (Lipinski definition) is 9. The van der Waals surface area contributed by atoms with E-state index in [9.17, 15) is 29.5 Å². The Morgan fingerprint density at radius 3 is 2.46 bits per heavy atom. The highest BCUT2D eigenvalue weighted by Gasteiger charge is 2.48. The predicted molar refractivity (Wildman–Crippen MR) is 75.5 cm³/mol. The summed E-state index contributed by atoms with van der Waals surface area (Å²) in [5.74, 6) is -0.328. The summed E-state index contributed by atoms with van der Waals surface area (Å²) in [5, 5.41) is 31.5. The molecule has 1 aromatic rings. The minimum Gasteiger partial charge on any atom is -0.391 e. The number of aromatic nitrogens is 2. The second-order valence-corrected chi connectivity index (χ2v) is 6.02. The molecule has 15 heteroatoms. The summed E-state index contributed by atoms with van der Waals surface area (Å²) in [4.78, 5) is 43.8. The zero-order valence-electron chi connectivity index (χ0n) is 11.7. The highest BCUT2D eigenvalue weighted by atomic mass is 31.2. The summed E-state index contributed by atoms with van der Waals surface area (Å²) < 4.78 is 19.7. The third kappa shape index (κ3) is 4.00. The molecule has 14 nitrogen and oxygen atoms in total. The Labute approximate surface area is 132 Å². The van der Waals surface area contributed by atoms with E-state index in [0.717, 1.165) is 0 Å². The third-order valence-electron chi connectivity index (χ3n) is 3.09. The lowest BCUT2D eigenvalue weighted by molar-refractivity contribution is -0.151. The summed E-state index contributed by atoms with van der Waals surface area (Å²) in [6.07, 6.45) is -9.01. The van der Waals surface area contributed by atoms with Crippen LogP contribution in [0.15, 0.2) is 9.59 Å². The molecule has 1 aliphatic heterocycles. The van der Waals surface area contributed by atoms with Gasteiger partial charge in [-0.3, -0.25) is 19.3 Å². The number of phosphoric ester groups is 1. The van der Waals surface area contributed by atoms with Crippen LogP contribution in [0.2, 0.25) is 0 Å². The van der Waals surface area contributed by atoms with Crippen molar-refractivity contribution in [2.75, 3.05) is 11.1 Å². The van der Waals surface area contributed by atoms with Crippen LogP contribution in [0.4, 0.5) is 11.5 Å². The van der Waals surface area contributed by atoms with Crippen LogP contribution >= 0.6 is 7.82 Å². The largest absolute Gasteiger partial charge is 0.472 e. The molecule has 136 valence electrons. The van der Waals surface area contributed by atoms with Crippen molar-refractivity contribution in [3.05, 3.63) is 20.8 Å². The molecule has 5 atom stereocenters. The standard InChI is InChI=1S/C9H15N4O10P/c10-1-5(12-9(18)13-6(1)16)11-7-3(15)2(14)4(22-7)8(17)23-24(19,20)21/h2-4,7-8,14-15,17H,10H2,(H2,19,20,21)(H3,11,12,13,16,18)/t2-,3+,4-,7?,8?/m0/s1. The molecule has 0 radical (unpaired) electrons. The van der Waals surface area contributed by atoms with Crippen molar-refractivity contribution >= 4 is 19.3 Å². The first-order valence-corrected chi connectivity index (χ1v) is 7.85. The van der Waals surface area contributed by atoms with E-state index in [-0.39, 0.29) is 5.82 Å². The fraction of sp³-hybridized carbons (Fsp3) is 0.556. The van der Waals surface area contributed by atoms with E-state index in [1.807, 2.05) is 4.98 Å². The molecule has 0 saturated carbocycles. The average Bonchev–Trinajstić information content (AvgIpc) is 2.71. The van der Waals surface area contributed by atoms with Gasteiger partial charge in [0.1, 0.15) is 29.8 Å². The molecule has 1 saturated heterocycles. The van der Waals surface area contributed by atoms with Gasteiger partial charge in [-0.15, -0.1) is 0 Å². The van der Waals surface area contributed by atoms with Gasteiger partial charge in [0.05, 0.1) is 0 Å². The van der Waals surface area contributed by atoms with Gasteiger partial charge < -0.3 is 40.9 Å². The Hall–Kier alpha value is -1.77. The summed E-state index contributed by atoms with van der Waals surface area (Å²) in [6.45, 7) is 0. The summed E-state index contributed by atoms with van der Waals surface area (Å²) in [7, 11) is -5.08. The minimum absolute atomic E-state index is 0.328. The first-order chi connectivity index (χ1) is 11.0. The summed E-state index contributed by atoms with van der Waals surface area (Å²) in [5.41, 5.74) is 3.15. The molecule has 0 spiro atoms. The monoisotopic (exact) mass is 370 g/mol. The van der Waals surface area contributed by atoms with Gasteiger partial charge in [0.2, 0.25) is 0 Å². The van der Waals surface area contributed by atoms with Gasteiger partial charge in [0, 0.05) is 0 Å². The zero-order chi connectivity index (χ0) is 18.2. The van der Waals surface area contributed by atoms with E-state index in [1.54, 1.807) is 0 Å². The van der Waals surface area contributed by atoms with Crippen LogP contribution in [0.1, 0.15) is 0 Å². The quantitative estimate of drug-likeness (QED) is 0.178. The summed E-state index contributed by atoms with van der Waals surface area (Å²) >= 11 is 0. The molecule has 0 aliphatic carbocycles. The fourth-order valence-corrected chi connectivity index (χ4v) is 2.41. The lowest BCUT2D eigenvalue weighted by atomic mass is 10.1. The highest BCUT2D eigenvalue weighted by molar-refractivity contribution is 7.46. The number of aliphatic hydroxyl groups is 3. The number of nitrogen functional groups attached to an aromatic ring is 1. The topological polar surface area (TPSA) is 240 Å². The van der Waals surface area contributed by atoms with Gasteiger partial charge in [-0.05, 0) is 0 Å². The van der Waals surface area contributed by atoms with Crippen molar-refractivity contribution in [2.45, 2.75) is 30.8 Å². The van der Waals surface area contributed by atoms with Crippen LogP contribution < -0.4 is 22.3 Å². The van der Waals surface area contributed by atoms with Gasteiger partial charge in [0.15, 0.2) is 12.5 Å². The van der Waals surface area contributed by atoms with Crippen molar-refractivity contribution in [1.29, 1.82) is 0 Å². The maximum absolute atomic E-state index is 11.4. The smallest absolute Gasteiger partial charge is 0.391 e. The number of nitrogens with two attached hydrogens (primary N) is 1. The van der Waals surface area contributed by atoms with Crippen LogP contribution in [0.25, 0.3) is 0 Å². The van der Waals surface area contributed by atoms with E-state index in [0.29, 0.717) is 0 Å². The van der Waals surface area contributed by atoms with E-state index in [4.69, 9.17) is 20.3 Å². The number of anilines is 2. The molecule has 0 aromatic carbocycles. The molecule has 2 heterocycles. The van der Waals surface area contributed by atoms with Gasteiger partial charge in [-0.1, -0.05) is 0 Å². The molecule has 2 unspecified atom stereocenters. The Morgan fingerprint density at radius 1 is 1.25 bits per heavy atom. The van der Waals surface area contributed by atoms with Crippen molar-refractivity contribution in [3.63, 3.8) is 0 Å². The number of phosphoric acid groups is 1. The Bertz CT molecular complexity index is 757. The van der Waals surface area contributed by atoms with Crippen LogP contribution in [0.3, 0.4) is 0 Å². The molecule has 0 amide bonds. The molecule has 0 bridgehead atoms. The Morgan fingerprint density at radius 2 is 1.88 bits per heavy atom. The third-order valence-corrected chi connectivity index (χ3v) is 3.58. The SMILES string of the molecule is Nc1c(NC2O[C@H](C(O)OP(=O)(O)O)[C@@H](O)[C@H]2O)[nH]c(=O)[nH]c1=O. The van der Waals surface area contributed by atoms with Crippen molar-refractivity contribution < 1.29 is 38.9 Å². The first-order valence-electron chi connectivity index (χ1n) is 6.32. The number of hydrogen-bond acceptors (Lipinski definition) is 10. The maximum Gasteiger partial charge on any atom is 0.472 e. The molecule has 1 aliphatic rings. The lowest BCUT2D eigenvalue weighted by Gasteiger charge is -2.21. The Kier molecular flexibility index (Phi) is 5.12.